The Morgan fingerprint density at radius 3 is 0.490 bits per heavy atom. The summed E-state index contributed by atoms with van der Waals surface area (Å²) in [7, 11) is 0. The van der Waals surface area contributed by atoms with Gasteiger partial charge in [0, 0.05) is 100 Å². The molecule has 15 aliphatic rings. The molecule has 15 fully saturated rings. The topological polar surface area (TPSA) is 170 Å². The second kappa shape index (κ2) is 37.5. The molecule has 596 valence electrons. The zero-order valence-electron chi connectivity index (χ0n) is 67.2. The van der Waals surface area contributed by atoms with Crippen molar-refractivity contribution in [2.75, 3.05) is 52.9 Å². The number of rotatable bonds is 32. The Morgan fingerprint density at radius 1 is 0.192 bits per heavy atom. The fraction of sp³-hybridized carbons (Fsp3) is 1.00. The van der Waals surface area contributed by atoms with E-state index in [9.17, 15) is 0 Å². The van der Waals surface area contributed by atoms with Crippen LogP contribution in [0.1, 0.15) is 287 Å². The molecular formula is C88H156N8O8. The maximum atomic E-state index is 7.91. The Bertz CT molecular complexity index is 2400. The lowest BCUT2D eigenvalue weighted by Crippen LogP contribution is -2.64. The molecule has 0 radical (unpaired) electrons. The number of hydrogen-bond donors (Lipinski definition) is 8. The predicted octanol–water partition coefficient (Wildman–Crippen LogP) is 15.1. The summed E-state index contributed by atoms with van der Waals surface area (Å²) in [6.45, 7) is 25.3. The van der Waals surface area contributed by atoms with Crippen LogP contribution in [0.25, 0.3) is 0 Å². The Hall–Kier alpha value is -0.640. The molecule has 8 N–H and O–H groups in total. The minimum absolute atomic E-state index is 0.0694. The fourth-order valence-corrected chi connectivity index (χ4v) is 27.3. The standard InChI is InChI=1S/C88H156N8O8/c1-9-17-41-97-73-57-37-29-31-39-59(57)75(99-43-19-11-3)67-65(73)81-89-82-66-68(76(100-44-20-12-4)60-40-32-30-38-58(60)74(66)98-42-18-10-2)84(91-82)93-86-70-72(80(104-48-24-16-8)64-52-56-36-28-26-34-54(56)50-62(64)78(70)102-46-22-14-6)88(95-86)96-87-71-69(85(94-87)92-83(67)90-81)77(101-45-21-13-5)61-49-53-33-25-27-35-55(53)51-63(61)79(71)103-47-23-15-7/h53-96H,9-52H2,1-8H3. The van der Waals surface area contributed by atoms with Crippen LogP contribution in [0.2, 0.25) is 0 Å². The van der Waals surface area contributed by atoms with Gasteiger partial charge in [-0.25, -0.2) is 0 Å². The van der Waals surface area contributed by atoms with E-state index in [-0.39, 0.29) is 146 Å². The summed E-state index contributed by atoms with van der Waals surface area (Å²) in [5.41, 5.74) is 0. The third-order valence-electron chi connectivity index (χ3n) is 31.9. The SMILES string of the molecule is CCCCOC1C2CCCCC2C(OCCCC)C2C3NC(NC4NC(NC5NC(NC6NC(N3)C3C(OCCCC)C7CC8CCCCC8CC7C(OCCCC)C63)C3C(OCCCC)C6CC7CCCCC7CC6C(OCCCC)C53)C3C(OCCCC)C5CCCCC5C(OCCCC)C43)C12. The van der Waals surface area contributed by atoms with Crippen LogP contribution in [0.5, 0.6) is 0 Å². The Balaban J connectivity index is 0.923. The van der Waals surface area contributed by atoms with Gasteiger partial charge in [0.25, 0.3) is 0 Å². The lowest BCUT2D eigenvalue weighted by Gasteiger charge is -2.57. The molecule has 0 aromatic carbocycles. The van der Waals surface area contributed by atoms with Gasteiger partial charge in [-0.05, 0) is 174 Å². The number of nitrogens with one attached hydrogen (secondary N) is 8. The summed E-state index contributed by atoms with van der Waals surface area (Å²) >= 11 is 0. The molecular weight excluding hydrogens is 1300 g/mol. The maximum absolute atomic E-state index is 7.91. The van der Waals surface area contributed by atoms with Crippen molar-refractivity contribution in [1.82, 2.24) is 42.5 Å². The number of unbranched alkanes of at least 4 members (excludes halogenated alkanes) is 8. The Morgan fingerprint density at radius 2 is 0.337 bits per heavy atom. The summed E-state index contributed by atoms with van der Waals surface area (Å²) in [4.78, 5) is 0. The van der Waals surface area contributed by atoms with Crippen LogP contribution in [0.15, 0.2) is 0 Å². The van der Waals surface area contributed by atoms with Crippen molar-refractivity contribution in [3.8, 4) is 0 Å². The third-order valence-corrected chi connectivity index (χ3v) is 31.9. The molecule has 0 aromatic rings. The van der Waals surface area contributed by atoms with Gasteiger partial charge in [0.15, 0.2) is 0 Å². The summed E-state index contributed by atoms with van der Waals surface area (Å²) in [5.74, 6) is 7.85. The minimum atomic E-state index is -0.0713. The Kier molecular flexibility index (Phi) is 28.4. The molecule has 0 aromatic heterocycles. The molecule has 0 amide bonds. The highest BCUT2D eigenvalue weighted by atomic mass is 16.5. The molecule has 16 nitrogen and oxygen atoms in total. The van der Waals surface area contributed by atoms with Gasteiger partial charge in [-0.1, -0.05) is 184 Å². The van der Waals surface area contributed by atoms with Crippen LogP contribution in [-0.4, -0.2) is 151 Å². The summed E-state index contributed by atoms with van der Waals surface area (Å²) in [5, 5.41) is 38.2. The second-order valence-corrected chi connectivity index (χ2v) is 37.7. The molecule has 36 unspecified atom stereocenters. The van der Waals surface area contributed by atoms with Gasteiger partial charge < -0.3 is 37.9 Å². The molecule has 36 atom stereocenters. The molecule has 0 spiro atoms. The second-order valence-electron chi connectivity index (χ2n) is 37.7. The molecule has 8 bridgehead atoms. The van der Waals surface area contributed by atoms with Crippen LogP contribution in [0, 0.1) is 118 Å². The number of hydrogen-bond acceptors (Lipinski definition) is 16. The first-order valence-corrected chi connectivity index (χ1v) is 46.3. The van der Waals surface area contributed by atoms with E-state index in [1.807, 2.05) is 0 Å². The summed E-state index contributed by atoms with van der Waals surface area (Å²) in [6.07, 6.45) is 44.0. The third kappa shape index (κ3) is 16.2. The van der Waals surface area contributed by atoms with E-state index in [2.05, 4.69) is 55.4 Å². The predicted molar refractivity (Wildman–Crippen MR) is 415 cm³/mol. The molecule has 10 aliphatic carbocycles. The fourth-order valence-electron chi connectivity index (χ4n) is 27.3. The maximum Gasteiger partial charge on any atom is 0.0667 e. The molecule has 104 heavy (non-hydrogen) atoms. The zero-order valence-corrected chi connectivity index (χ0v) is 67.2. The lowest BCUT2D eigenvalue weighted by atomic mass is 9.53. The summed E-state index contributed by atoms with van der Waals surface area (Å²) < 4.78 is 62.7. The van der Waals surface area contributed by atoms with Gasteiger partial charge in [-0.2, -0.15) is 0 Å². The van der Waals surface area contributed by atoms with Crippen LogP contribution in [-0.2, 0) is 37.9 Å². The molecule has 16 heteroatoms. The van der Waals surface area contributed by atoms with Crippen molar-refractivity contribution in [3.05, 3.63) is 0 Å². The zero-order chi connectivity index (χ0) is 71.2. The molecule has 15 rings (SSSR count). The van der Waals surface area contributed by atoms with Crippen molar-refractivity contribution < 1.29 is 37.9 Å². The van der Waals surface area contributed by atoms with Crippen LogP contribution >= 0.6 is 0 Å². The monoisotopic (exact) mass is 1450 g/mol. The van der Waals surface area contributed by atoms with Gasteiger partial charge in [-0.15, -0.1) is 0 Å². The van der Waals surface area contributed by atoms with Gasteiger partial charge in [-0.3, -0.25) is 42.5 Å². The van der Waals surface area contributed by atoms with Crippen molar-refractivity contribution >= 4 is 0 Å². The van der Waals surface area contributed by atoms with Crippen molar-refractivity contribution in [2.45, 2.75) is 385 Å². The van der Waals surface area contributed by atoms with E-state index in [1.54, 1.807) is 0 Å². The highest BCUT2D eigenvalue weighted by molar-refractivity contribution is 5.20. The van der Waals surface area contributed by atoms with Gasteiger partial charge in [0.1, 0.15) is 0 Å². The smallest absolute Gasteiger partial charge is 0.0667 e. The summed E-state index contributed by atoms with van der Waals surface area (Å²) in [6, 6.07) is 0. The van der Waals surface area contributed by atoms with Gasteiger partial charge in [0.05, 0.1) is 98.2 Å². The molecule has 5 saturated heterocycles. The van der Waals surface area contributed by atoms with Crippen LogP contribution in [0.3, 0.4) is 0 Å². The first kappa shape index (κ1) is 78.6. The largest absolute Gasteiger partial charge is 0.378 e. The average molecular weight is 1450 g/mol. The number of fused-ring (bicyclic) bond motifs is 26. The molecule has 5 aliphatic heterocycles. The lowest BCUT2D eigenvalue weighted by molar-refractivity contribution is -0.192. The van der Waals surface area contributed by atoms with Crippen molar-refractivity contribution in [1.29, 1.82) is 0 Å². The Labute approximate surface area is 633 Å². The van der Waals surface area contributed by atoms with Gasteiger partial charge >= 0.3 is 0 Å². The van der Waals surface area contributed by atoms with Gasteiger partial charge in [0.2, 0.25) is 0 Å². The number of ether oxygens (including phenoxy) is 8. The average Bonchev–Trinajstić information content (AvgIpc) is 1.46. The highest BCUT2D eigenvalue weighted by Gasteiger charge is 2.69. The van der Waals surface area contributed by atoms with E-state index >= 15 is 0 Å². The first-order chi connectivity index (χ1) is 51.3. The normalized spacial score (nSPS) is 47.8. The quantitative estimate of drug-likeness (QED) is 0.0299. The van der Waals surface area contributed by atoms with E-state index in [0.717, 1.165) is 179 Å². The highest BCUT2D eigenvalue weighted by Crippen LogP contribution is 2.61. The van der Waals surface area contributed by atoms with E-state index < -0.39 is 0 Å². The van der Waals surface area contributed by atoms with Crippen molar-refractivity contribution in [3.63, 3.8) is 0 Å². The first-order valence-electron chi connectivity index (χ1n) is 46.3. The molecule has 10 saturated carbocycles. The minimum Gasteiger partial charge on any atom is -0.378 e. The van der Waals surface area contributed by atoms with Crippen LogP contribution in [0.4, 0.5) is 0 Å². The van der Waals surface area contributed by atoms with E-state index in [4.69, 9.17) is 80.4 Å². The van der Waals surface area contributed by atoms with E-state index in [1.165, 1.54) is 128 Å². The van der Waals surface area contributed by atoms with E-state index in [0.29, 0.717) is 47.3 Å². The molecule has 5 heterocycles. The van der Waals surface area contributed by atoms with Crippen LogP contribution < -0.4 is 42.5 Å². The van der Waals surface area contributed by atoms with Crippen molar-refractivity contribution in [2.24, 2.45) is 118 Å².